The van der Waals surface area contributed by atoms with Crippen molar-refractivity contribution < 1.29 is 39.8 Å². The number of aliphatic hydroxyl groups excluding tert-OH is 5. The number of nitrogens with one attached hydrogen (secondary N) is 1. The maximum Gasteiger partial charge on any atom is 0.220 e. The van der Waals surface area contributed by atoms with Gasteiger partial charge in [-0.1, -0.05) is 287 Å². The number of amides is 1. The van der Waals surface area contributed by atoms with E-state index in [1.54, 1.807) is 6.08 Å². The lowest BCUT2D eigenvalue weighted by atomic mass is 9.99. The minimum Gasteiger partial charge on any atom is -0.394 e. The third kappa shape index (κ3) is 44.7. The quantitative estimate of drug-likeness (QED) is 0.0261. The summed E-state index contributed by atoms with van der Waals surface area (Å²) >= 11 is 0. The zero-order valence-electron chi connectivity index (χ0n) is 49.1. The molecule has 0 aliphatic carbocycles. The van der Waals surface area contributed by atoms with Crippen molar-refractivity contribution in [3.63, 3.8) is 0 Å². The fourth-order valence-electron chi connectivity index (χ4n) is 10.3. The first-order valence-electron chi connectivity index (χ1n) is 32.4. The third-order valence-corrected chi connectivity index (χ3v) is 15.4. The Morgan fingerprint density at radius 2 is 0.800 bits per heavy atom. The van der Waals surface area contributed by atoms with Crippen LogP contribution in [0.1, 0.15) is 309 Å². The molecule has 9 nitrogen and oxygen atoms in total. The van der Waals surface area contributed by atoms with Gasteiger partial charge in [-0.25, -0.2) is 0 Å². The van der Waals surface area contributed by atoms with Gasteiger partial charge in [0.25, 0.3) is 0 Å². The Hall–Kier alpha value is -1.85. The second-order valence-electron chi connectivity index (χ2n) is 22.5. The van der Waals surface area contributed by atoms with Crippen molar-refractivity contribution in [1.82, 2.24) is 5.32 Å². The minimum atomic E-state index is -1.57. The molecule has 1 aliphatic heterocycles. The monoisotopic (exact) mass is 1060 g/mol. The Kier molecular flexibility index (Phi) is 52.6. The van der Waals surface area contributed by atoms with Crippen molar-refractivity contribution in [2.24, 2.45) is 0 Å². The molecule has 1 saturated heterocycles. The lowest BCUT2D eigenvalue weighted by molar-refractivity contribution is -0.302. The molecule has 7 unspecified atom stereocenters. The summed E-state index contributed by atoms with van der Waals surface area (Å²) in [5, 5.41) is 54.5. The summed E-state index contributed by atoms with van der Waals surface area (Å²) in [6.45, 7) is 3.78. The Labute approximate surface area is 463 Å². The summed E-state index contributed by atoms with van der Waals surface area (Å²) in [6.07, 6.45) is 67.9. The van der Waals surface area contributed by atoms with Gasteiger partial charge in [0.05, 0.1) is 25.4 Å². The van der Waals surface area contributed by atoms with Gasteiger partial charge in [0.2, 0.25) is 5.91 Å². The van der Waals surface area contributed by atoms with E-state index in [9.17, 15) is 30.3 Å². The molecule has 6 N–H and O–H groups in total. The molecule has 7 atom stereocenters. The highest BCUT2D eigenvalue weighted by Gasteiger charge is 2.44. The highest BCUT2D eigenvalue weighted by atomic mass is 16.7. The van der Waals surface area contributed by atoms with Crippen molar-refractivity contribution in [2.45, 2.75) is 352 Å². The topological polar surface area (TPSA) is 149 Å². The molecule has 0 spiro atoms. The van der Waals surface area contributed by atoms with Crippen LogP contribution in [0.15, 0.2) is 48.6 Å². The molecule has 1 amide bonds. The lowest BCUT2D eigenvalue weighted by Gasteiger charge is -2.40. The molecule has 1 fully saturated rings. The number of rotatable bonds is 56. The van der Waals surface area contributed by atoms with Gasteiger partial charge in [-0.3, -0.25) is 4.79 Å². The first-order chi connectivity index (χ1) is 36.8. The molecule has 0 aromatic heterocycles. The van der Waals surface area contributed by atoms with Crippen LogP contribution in [-0.4, -0.2) is 87.5 Å². The Morgan fingerprint density at radius 3 is 1.20 bits per heavy atom. The number of hydrogen-bond acceptors (Lipinski definition) is 8. The lowest BCUT2D eigenvalue weighted by Crippen LogP contribution is -2.60. The molecule has 1 rings (SSSR count). The standard InChI is InChI=1S/C66H123NO8/c1-3-5-7-9-11-13-15-17-19-20-21-22-23-24-25-26-27-28-29-30-31-32-33-34-35-36-37-38-39-40-42-44-46-48-50-52-54-56-62(70)67-59(58-74-66-65(73)64(72)63(71)61(57-68)75-66)60(69)55-53-51-49-47-45-43-41-18-16-14-12-10-8-6-4-2/h25-26,28-29,45,47,53,55,59-61,63-66,68-69,71-73H,3-24,27,30-44,46,48-52,54,56-58H2,1-2H3,(H,67,70)/b26-25-,29-28-,47-45+,55-53+. The Morgan fingerprint density at radius 1 is 0.453 bits per heavy atom. The van der Waals surface area contributed by atoms with Gasteiger partial charge >= 0.3 is 0 Å². The first kappa shape index (κ1) is 71.2. The highest BCUT2D eigenvalue weighted by Crippen LogP contribution is 2.23. The number of allylic oxidation sites excluding steroid dienone is 7. The normalized spacial score (nSPS) is 19.2. The van der Waals surface area contributed by atoms with E-state index < -0.39 is 49.5 Å². The van der Waals surface area contributed by atoms with E-state index in [1.807, 2.05) is 6.08 Å². The fourth-order valence-corrected chi connectivity index (χ4v) is 10.3. The largest absolute Gasteiger partial charge is 0.394 e. The van der Waals surface area contributed by atoms with Crippen LogP contribution in [-0.2, 0) is 14.3 Å². The molecule has 9 heteroatoms. The van der Waals surface area contributed by atoms with E-state index in [2.05, 4.69) is 55.6 Å². The second-order valence-corrected chi connectivity index (χ2v) is 22.5. The summed E-state index contributed by atoms with van der Waals surface area (Å²) in [5.74, 6) is -0.184. The van der Waals surface area contributed by atoms with Gasteiger partial charge in [-0.15, -0.1) is 0 Å². The summed E-state index contributed by atoms with van der Waals surface area (Å²) in [7, 11) is 0. The van der Waals surface area contributed by atoms with Crippen molar-refractivity contribution in [3.05, 3.63) is 48.6 Å². The zero-order valence-corrected chi connectivity index (χ0v) is 49.1. The molecule has 1 aliphatic rings. The van der Waals surface area contributed by atoms with Gasteiger partial charge in [-0.2, -0.15) is 0 Å². The molecule has 1 heterocycles. The number of ether oxygens (including phenoxy) is 2. The van der Waals surface area contributed by atoms with Crippen LogP contribution in [0.2, 0.25) is 0 Å². The van der Waals surface area contributed by atoms with Crippen LogP contribution >= 0.6 is 0 Å². The maximum atomic E-state index is 13.1. The van der Waals surface area contributed by atoms with Crippen LogP contribution in [0.3, 0.4) is 0 Å². The third-order valence-electron chi connectivity index (χ3n) is 15.4. The van der Waals surface area contributed by atoms with Crippen LogP contribution in [0.25, 0.3) is 0 Å². The molecule has 0 aromatic carbocycles. The second kappa shape index (κ2) is 55.5. The summed E-state index contributed by atoms with van der Waals surface area (Å²) < 4.78 is 11.3. The fraction of sp³-hybridized carbons (Fsp3) is 0.864. The Bertz CT molecular complexity index is 1320. The molecule has 0 bridgehead atoms. The molecule has 440 valence electrons. The van der Waals surface area contributed by atoms with E-state index in [1.165, 1.54) is 244 Å². The molecule has 0 aromatic rings. The van der Waals surface area contributed by atoms with E-state index in [0.717, 1.165) is 44.9 Å². The molecular weight excluding hydrogens is 935 g/mol. The summed E-state index contributed by atoms with van der Waals surface area (Å²) in [6, 6.07) is -0.822. The molecule has 0 radical (unpaired) electrons. The molecule has 75 heavy (non-hydrogen) atoms. The van der Waals surface area contributed by atoms with Crippen LogP contribution in [0.4, 0.5) is 0 Å². The summed E-state index contributed by atoms with van der Waals surface area (Å²) in [5.41, 5.74) is 0. The van der Waals surface area contributed by atoms with Crippen LogP contribution in [0.5, 0.6) is 0 Å². The first-order valence-corrected chi connectivity index (χ1v) is 32.4. The summed E-state index contributed by atoms with van der Waals surface area (Å²) in [4.78, 5) is 13.1. The predicted molar refractivity (Wildman–Crippen MR) is 318 cm³/mol. The van der Waals surface area contributed by atoms with E-state index in [0.29, 0.717) is 6.42 Å². The number of carbonyl (C=O) groups is 1. The van der Waals surface area contributed by atoms with E-state index in [4.69, 9.17) is 9.47 Å². The minimum absolute atomic E-state index is 0.184. The SMILES string of the molecule is CCCCCCCCCCC/C=C/CC/C=C/C(O)C(COC1OC(CO)C(O)C(O)C1O)NC(=O)CCCCCCCCCCCCCCCCCCC/C=C\C/C=C\CCCCCCCCCCCCCCC. The number of aliphatic hydroxyl groups is 5. The van der Waals surface area contributed by atoms with E-state index >= 15 is 0 Å². The average Bonchev–Trinajstić information content (AvgIpc) is 3.41. The highest BCUT2D eigenvalue weighted by molar-refractivity contribution is 5.76. The van der Waals surface area contributed by atoms with Crippen LogP contribution < -0.4 is 5.32 Å². The molecule has 0 saturated carbocycles. The van der Waals surface area contributed by atoms with Gasteiger partial charge in [-0.05, 0) is 64.2 Å². The van der Waals surface area contributed by atoms with Gasteiger partial charge < -0.3 is 40.3 Å². The average molecular weight is 1060 g/mol. The number of hydrogen-bond donors (Lipinski definition) is 6. The number of carbonyl (C=O) groups excluding carboxylic acids is 1. The molecular formula is C66H123NO8. The van der Waals surface area contributed by atoms with Gasteiger partial charge in [0.1, 0.15) is 24.4 Å². The van der Waals surface area contributed by atoms with Crippen molar-refractivity contribution in [2.75, 3.05) is 13.2 Å². The smallest absolute Gasteiger partial charge is 0.220 e. The zero-order chi connectivity index (χ0) is 54.3. The van der Waals surface area contributed by atoms with Crippen molar-refractivity contribution in [1.29, 1.82) is 0 Å². The predicted octanol–water partition coefficient (Wildman–Crippen LogP) is 16.9. The van der Waals surface area contributed by atoms with E-state index in [-0.39, 0.29) is 12.5 Å². The van der Waals surface area contributed by atoms with Gasteiger partial charge in [0, 0.05) is 6.42 Å². The van der Waals surface area contributed by atoms with Crippen LogP contribution in [0, 0.1) is 0 Å². The maximum absolute atomic E-state index is 13.1. The number of unbranched alkanes of at least 4 members (excludes halogenated alkanes) is 40. The Balaban J connectivity index is 2.08. The van der Waals surface area contributed by atoms with Crippen molar-refractivity contribution in [3.8, 4) is 0 Å². The van der Waals surface area contributed by atoms with Crippen molar-refractivity contribution >= 4 is 5.91 Å². The van der Waals surface area contributed by atoms with Gasteiger partial charge in [0.15, 0.2) is 6.29 Å².